The highest BCUT2D eigenvalue weighted by molar-refractivity contribution is 5.75. The molecule has 2 N–H and O–H groups in total. The van der Waals surface area contributed by atoms with E-state index < -0.39 is 5.97 Å². The second-order valence-corrected chi connectivity index (χ2v) is 7.34. The van der Waals surface area contributed by atoms with Gasteiger partial charge in [-0.3, -0.25) is 4.79 Å². The molecule has 6 nitrogen and oxygen atoms in total. The first kappa shape index (κ1) is 19.2. The number of morpholine rings is 1. The summed E-state index contributed by atoms with van der Waals surface area (Å²) in [6.45, 7) is 6.93. The van der Waals surface area contributed by atoms with E-state index in [1.165, 1.54) is 0 Å². The van der Waals surface area contributed by atoms with Crippen LogP contribution in [0.3, 0.4) is 0 Å². The van der Waals surface area contributed by atoms with Gasteiger partial charge in [-0.25, -0.2) is 4.79 Å². The van der Waals surface area contributed by atoms with E-state index in [-0.39, 0.29) is 30.2 Å². The summed E-state index contributed by atoms with van der Waals surface area (Å²) in [5, 5.41) is 12.0. The number of amides is 2. The third-order valence-corrected chi connectivity index (χ3v) is 4.22. The Morgan fingerprint density at radius 1 is 1.36 bits per heavy atom. The van der Waals surface area contributed by atoms with Crippen molar-refractivity contribution in [2.24, 2.45) is 0 Å². The molecule has 138 valence electrons. The van der Waals surface area contributed by atoms with Crippen LogP contribution >= 0.6 is 0 Å². The van der Waals surface area contributed by atoms with E-state index in [1.807, 2.05) is 51.1 Å². The predicted octanol–water partition coefficient (Wildman–Crippen LogP) is 2.67. The molecule has 0 bridgehead atoms. The molecule has 0 radical (unpaired) electrons. The molecule has 1 aromatic carbocycles. The van der Waals surface area contributed by atoms with Crippen molar-refractivity contribution in [3.05, 3.63) is 35.9 Å². The quantitative estimate of drug-likeness (QED) is 0.828. The molecule has 0 aromatic heterocycles. The van der Waals surface area contributed by atoms with Gasteiger partial charge in [-0.05, 0) is 39.2 Å². The van der Waals surface area contributed by atoms with Crippen molar-refractivity contribution in [2.45, 2.75) is 57.8 Å². The lowest BCUT2D eigenvalue weighted by atomic mass is 10.0. The van der Waals surface area contributed by atoms with Crippen LogP contribution in [0.25, 0.3) is 0 Å². The fourth-order valence-corrected chi connectivity index (χ4v) is 3.30. The molecular weight excluding hydrogens is 320 g/mol. The first-order chi connectivity index (χ1) is 11.7. The molecule has 0 aliphatic carbocycles. The number of carbonyl (C=O) groups excluding carboxylic acids is 1. The summed E-state index contributed by atoms with van der Waals surface area (Å²) in [6.07, 6.45) is 1.02. The van der Waals surface area contributed by atoms with Gasteiger partial charge in [0, 0.05) is 19.0 Å². The lowest BCUT2D eigenvalue weighted by Crippen LogP contribution is -2.57. The molecule has 2 unspecified atom stereocenters. The zero-order valence-electron chi connectivity index (χ0n) is 15.2. The third-order valence-electron chi connectivity index (χ3n) is 4.22. The fourth-order valence-electron chi connectivity index (χ4n) is 3.30. The number of rotatable bonds is 6. The maximum Gasteiger partial charge on any atom is 0.317 e. The normalized spacial score (nSPS) is 20.8. The van der Waals surface area contributed by atoms with Gasteiger partial charge in [-0.15, -0.1) is 0 Å². The monoisotopic (exact) mass is 348 g/mol. The van der Waals surface area contributed by atoms with Crippen molar-refractivity contribution in [2.75, 3.05) is 13.1 Å². The highest BCUT2D eigenvalue weighted by Gasteiger charge is 2.34. The van der Waals surface area contributed by atoms with Gasteiger partial charge in [-0.2, -0.15) is 0 Å². The number of carboxylic acids is 1. The number of nitrogens with one attached hydrogen (secondary N) is 1. The molecule has 1 fully saturated rings. The summed E-state index contributed by atoms with van der Waals surface area (Å²) < 4.78 is 5.83. The second kappa shape index (κ2) is 8.34. The maximum atomic E-state index is 12.7. The Labute approximate surface area is 149 Å². The molecule has 1 saturated heterocycles. The number of ether oxygens (including phenoxy) is 1. The van der Waals surface area contributed by atoms with Gasteiger partial charge in [-0.1, -0.05) is 30.3 Å². The minimum absolute atomic E-state index is 0.0268. The largest absolute Gasteiger partial charge is 0.481 e. The van der Waals surface area contributed by atoms with Gasteiger partial charge < -0.3 is 20.1 Å². The number of hydrogen-bond donors (Lipinski definition) is 2. The molecular formula is C19H28N2O4. The van der Waals surface area contributed by atoms with Crippen LogP contribution in [0, 0.1) is 0 Å². The lowest BCUT2D eigenvalue weighted by Gasteiger charge is -2.42. The predicted molar refractivity (Wildman–Crippen MR) is 95.5 cm³/mol. The van der Waals surface area contributed by atoms with E-state index in [4.69, 9.17) is 9.84 Å². The van der Waals surface area contributed by atoms with Gasteiger partial charge in [0.2, 0.25) is 0 Å². The number of carboxylic acid groups (broad SMARTS) is 1. The molecule has 0 saturated carbocycles. The Hall–Kier alpha value is -2.08. The number of hydrogen-bond acceptors (Lipinski definition) is 3. The SMILES string of the molecule is CC1CN(C(=O)NC(CCC(=O)O)Cc2ccccc2)CC(C)(C)O1. The van der Waals surface area contributed by atoms with Crippen LogP contribution < -0.4 is 5.32 Å². The van der Waals surface area contributed by atoms with Crippen molar-refractivity contribution in [1.82, 2.24) is 10.2 Å². The van der Waals surface area contributed by atoms with Crippen LogP contribution in [0.2, 0.25) is 0 Å². The molecule has 2 rings (SSSR count). The van der Waals surface area contributed by atoms with Crippen molar-refractivity contribution in [3.8, 4) is 0 Å². The van der Waals surface area contributed by atoms with E-state index in [9.17, 15) is 9.59 Å². The third kappa shape index (κ3) is 6.38. The Bertz CT molecular complexity index is 588. The molecule has 1 aliphatic rings. The Morgan fingerprint density at radius 3 is 2.64 bits per heavy atom. The van der Waals surface area contributed by atoms with Crippen LogP contribution in [-0.4, -0.2) is 52.8 Å². The van der Waals surface area contributed by atoms with Crippen LogP contribution in [-0.2, 0) is 16.0 Å². The van der Waals surface area contributed by atoms with E-state index in [0.29, 0.717) is 25.9 Å². The van der Waals surface area contributed by atoms with Crippen LogP contribution in [0.5, 0.6) is 0 Å². The number of aliphatic carboxylic acids is 1. The van der Waals surface area contributed by atoms with E-state index in [0.717, 1.165) is 5.56 Å². The van der Waals surface area contributed by atoms with Gasteiger partial charge >= 0.3 is 12.0 Å². The van der Waals surface area contributed by atoms with Gasteiger partial charge in [0.1, 0.15) is 0 Å². The van der Waals surface area contributed by atoms with Gasteiger partial charge in [0.25, 0.3) is 0 Å². The van der Waals surface area contributed by atoms with Gasteiger partial charge in [0.05, 0.1) is 18.2 Å². The average molecular weight is 348 g/mol. The Balaban J connectivity index is 2.01. The zero-order valence-corrected chi connectivity index (χ0v) is 15.2. The summed E-state index contributed by atoms with van der Waals surface area (Å²) >= 11 is 0. The summed E-state index contributed by atoms with van der Waals surface area (Å²) in [5.41, 5.74) is 0.694. The Morgan fingerprint density at radius 2 is 2.04 bits per heavy atom. The standard InChI is InChI=1S/C19H28N2O4/c1-14-12-21(13-19(2,3)25-14)18(24)20-16(9-10-17(22)23)11-15-7-5-4-6-8-15/h4-8,14,16H,9-13H2,1-3H3,(H,20,24)(H,22,23). The lowest BCUT2D eigenvalue weighted by molar-refractivity contribution is -0.137. The van der Waals surface area contributed by atoms with E-state index in [2.05, 4.69) is 5.32 Å². The molecule has 0 spiro atoms. The van der Waals surface area contributed by atoms with Crippen LogP contribution in [0.4, 0.5) is 4.79 Å². The molecule has 1 aliphatic heterocycles. The molecule has 2 atom stereocenters. The number of benzene rings is 1. The Kier molecular flexibility index (Phi) is 6.42. The zero-order chi connectivity index (χ0) is 18.4. The summed E-state index contributed by atoms with van der Waals surface area (Å²) in [7, 11) is 0. The fraction of sp³-hybridized carbons (Fsp3) is 0.579. The number of urea groups is 1. The van der Waals surface area contributed by atoms with Crippen molar-refractivity contribution in [3.63, 3.8) is 0 Å². The van der Waals surface area contributed by atoms with Crippen molar-refractivity contribution >= 4 is 12.0 Å². The molecule has 6 heteroatoms. The topological polar surface area (TPSA) is 78.9 Å². The number of nitrogens with zero attached hydrogens (tertiary/aromatic N) is 1. The number of carbonyl (C=O) groups is 2. The molecule has 2 amide bonds. The first-order valence-electron chi connectivity index (χ1n) is 8.74. The molecule has 1 aromatic rings. The summed E-state index contributed by atoms with van der Waals surface area (Å²) in [4.78, 5) is 25.4. The van der Waals surface area contributed by atoms with Crippen LogP contribution in [0.15, 0.2) is 30.3 Å². The van der Waals surface area contributed by atoms with Crippen molar-refractivity contribution in [1.29, 1.82) is 0 Å². The van der Waals surface area contributed by atoms with Gasteiger partial charge in [0.15, 0.2) is 0 Å². The highest BCUT2D eigenvalue weighted by atomic mass is 16.5. The van der Waals surface area contributed by atoms with E-state index in [1.54, 1.807) is 4.90 Å². The molecule has 25 heavy (non-hydrogen) atoms. The maximum absolute atomic E-state index is 12.7. The molecule has 1 heterocycles. The van der Waals surface area contributed by atoms with Crippen LogP contribution in [0.1, 0.15) is 39.2 Å². The second-order valence-electron chi connectivity index (χ2n) is 7.34. The minimum Gasteiger partial charge on any atom is -0.481 e. The average Bonchev–Trinajstić information content (AvgIpc) is 2.51. The summed E-state index contributed by atoms with van der Waals surface area (Å²) in [5.74, 6) is -0.853. The summed E-state index contributed by atoms with van der Waals surface area (Å²) in [6, 6.07) is 9.42. The first-order valence-corrected chi connectivity index (χ1v) is 8.74. The smallest absolute Gasteiger partial charge is 0.317 e. The highest BCUT2D eigenvalue weighted by Crippen LogP contribution is 2.21. The minimum atomic E-state index is -0.853. The van der Waals surface area contributed by atoms with Crippen molar-refractivity contribution < 1.29 is 19.4 Å². The van der Waals surface area contributed by atoms with E-state index >= 15 is 0 Å².